The lowest BCUT2D eigenvalue weighted by Gasteiger charge is -2.38. The molecule has 1 aliphatic rings. The van der Waals surface area contributed by atoms with E-state index in [9.17, 15) is 8.42 Å². The minimum Gasteiger partial charge on any atom is -0.348 e. The Morgan fingerprint density at radius 3 is 2.86 bits per heavy atom. The van der Waals surface area contributed by atoms with Crippen molar-refractivity contribution in [3.05, 3.63) is 18.2 Å². The first-order valence-electron chi connectivity index (χ1n) is 7.65. The van der Waals surface area contributed by atoms with Crippen LogP contribution in [0.5, 0.6) is 0 Å². The molecule has 6 nitrogen and oxygen atoms in total. The molecule has 1 fully saturated rings. The summed E-state index contributed by atoms with van der Waals surface area (Å²) in [6.07, 6.45) is 5.38. The summed E-state index contributed by atoms with van der Waals surface area (Å²) in [5.74, 6) is 1.27. The van der Waals surface area contributed by atoms with Crippen molar-refractivity contribution in [3.63, 3.8) is 0 Å². The second-order valence-corrected chi connectivity index (χ2v) is 8.42. The molecule has 120 valence electrons. The fraction of sp³-hybridized carbons (Fsp3) is 0.786. The van der Waals surface area contributed by atoms with Crippen LogP contribution in [0.2, 0.25) is 0 Å². The summed E-state index contributed by atoms with van der Waals surface area (Å²) >= 11 is 0. The Morgan fingerprint density at radius 2 is 2.29 bits per heavy atom. The summed E-state index contributed by atoms with van der Waals surface area (Å²) in [7, 11) is -3.14. The monoisotopic (exact) mass is 314 g/mol. The Kier molecular flexibility index (Phi) is 5.40. The number of aromatic amines is 1. The van der Waals surface area contributed by atoms with E-state index in [2.05, 4.69) is 22.2 Å². The van der Waals surface area contributed by atoms with E-state index in [1.54, 1.807) is 24.3 Å². The standard InChI is InChI=1S/C14H26N4O2S/c1-4-12-10-18(21(19,20)11(2)3)8-5-13(12)17-9-14-15-6-7-16-14/h6-7,11-13,17H,4-5,8-10H2,1-3H3,(H,15,16)/t12-,13-/m1/s1. The molecule has 0 aliphatic carbocycles. The predicted octanol–water partition coefficient (Wildman–Crippen LogP) is 1.34. The summed E-state index contributed by atoms with van der Waals surface area (Å²) in [5, 5.41) is 3.17. The second-order valence-electron chi connectivity index (χ2n) is 5.93. The summed E-state index contributed by atoms with van der Waals surface area (Å²) in [6.45, 7) is 7.54. The molecule has 1 aliphatic heterocycles. The Labute approximate surface area is 127 Å². The van der Waals surface area contributed by atoms with Gasteiger partial charge in [0.25, 0.3) is 0 Å². The zero-order valence-corrected chi connectivity index (χ0v) is 13.9. The number of hydrogen-bond donors (Lipinski definition) is 2. The number of hydrogen-bond acceptors (Lipinski definition) is 4. The van der Waals surface area contributed by atoms with Gasteiger partial charge < -0.3 is 10.3 Å². The Bertz CT molecular complexity index is 527. The fourth-order valence-corrected chi connectivity index (χ4v) is 4.19. The van der Waals surface area contributed by atoms with Gasteiger partial charge in [0.2, 0.25) is 10.0 Å². The van der Waals surface area contributed by atoms with Gasteiger partial charge in [-0.05, 0) is 26.2 Å². The molecule has 1 aromatic heterocycles. The molecule has 0 aromatic carbocycles. The lowest BCUT2D eigenvalue weighted by molar-refractivity contribution is 0.199. The van der Waals surface area contributed by atoms with Gasteiger partial charge in [-0.15, -0.1) is 0 Å². The number of rotatable bonds is 6. The molecule has 2 N–H and O–H groups in total. The van der Waals surface area contributed by atoms with E-state index in [0.29, 0.717) is 31.6 Å². The largest absolute Gasteiger partial charge is 0.348 e. The van der Waals surface area contributed by atoms with Gasteiger partial charge in [-0.2, -0.15) is 0 Å². The van der Waals surface area contributed by atoms with Crippen LogP contribution in [-0.4, -0.2) is 47.1 Å². The van der Waals surface area contributed by atoms with Crippen LogP contribution >= 0.6 is 0 Å². The van der Waals surface area contributed by atoms with E-state index in [1.165, 1.54) is 0 Å². The molecule has 0 spiro atoms. The topological polar surface area (TPSA) is 78.1 Å². The van der Waals surface area contributed by atoms with Gasteiger partial charge in [0.15, 0.2) is 0 Å². The van der Waals surface area contributed by atoms with Gasteiger partial charge in [0.05, 0.1) is 11.8 Å². The van der Waals surface area contributed by atoms with Crippen LogP contribution in [-0.2, 0) is 16.6 Å². The average Bonchev–Trinajstić information content (AvgIpc) is 2.97. The van der Waals surface area contributed by atoms with Crippen molar-refractivity contribution in [1.29, 1.82) is 0 Å². The van der Waals surface area contributed by atoms with Crippen LogP contribution in [0.15, 0.2) is 12.4 Å². The molecule has 0 amide bonds. The third-order valence-electron chi connectivity index (χ3n) is 4.26. The normalized spacial score (nSPS) is 24.6. The highest BCUT2D eigenvalue weighted by Crippen LogP contribution is 2.24. The zero-order valence-electron chi connectivity index (χ0n) is 13.0. The highest BCUT2D eigenvalue weighted by atomic mass is 32.2. The quantitative estimate of drug-likeness (QED) is 0.830. The second kappa shape index (κ2) is 6.89. The third kappa shape index (κ3) is 3.84. The van der Waals surface area contributed by atoms with E-state index < -0.39 is 10.0 Å². The highest BCUT2D eigenvalue weighted by Gasteiger charge is 2.35. The van der Waals surface area contributed by atoms with Crippen molar-refractivity contribution < 1.29 is 8.42 Å². The van der Waals surface area contributed by atoms with Crippen LogP contribution in [0.3, 0.4) is 0 Å². The molecule has 0 unspecified atom stereocenters. The first-order valence-corrected chi connectivity index (χ1v) is 9.16. The minimum atomic E-state index is -3.14. The summed E-state index contributed by atoms with van der Waals surface area (Å²) in [5.41, 5.74) is 0. The van der Waals surface area contributed by atoms with E-state index in [-0.39, 0.29) is 5.25 Å². The fourth-order valence-electron chi connectivity index (χ4n) is 2.83. The molecular formula is C14H26N4O2S. The Balaban J connectivity index is 1.95. The van der Waals surface area contributed by atoms with Gasteiger partial charge in [-0.1, -0.05) is 13.3 Å². The number of piperidine rings is 1. The van der Waals surface area contributed by atoms with Crippen molar-refractivity contribution in [2.45, 2.75) is 51.4 Å². The molecule has 7 heteroatoms. The lowest BCUT2D eigenvalue weighted by atomic mass is 9.91. The molecular weight excluding hydrogens is 288 g/mol. The van der Waals surface area contributed by atoms with Crippen molar-refractivity contribution in [2.24, 2.45) is 5.92 Å². The van der Waals surface area contributed by atoms with Crippen molar-refractivity contribution >= 4 is 10.0 Å². The first kappa shape index (κ1) is 16.5. The van der Waals surface area contributed by atoms with Gasteiger partial charge in [-0.3, -0.25) is 0 Å². The van der Waals surface area contributed by atoms with Gasteiger partial charge in [-0.25, -0.2) is 17.7 Å². The molecule has 2 rings (SSSR count). The number of imidazole rings is 1. The average molecular weight is 314 g/mol. The maximum atomic E-state index is 12.3. The van der Waals surface area contributed by atoms with Gasteiger partial charge >= 0.3 is 0 Å². The number of sulfonamides is 1. The summed E-state index contributed by atoms with van der Waals surface area (Å²) in [4.78, 5) is 7.28. The van der Waals surface area contributed by atoms with E-state index in [0.717, 1.165) is 18.7 Å². The van der Waals surface area contributed by atoms with Crippen LogP contribution in [0.25, 0.3) is 0 Å². The third-order valence-corrected chi connectivity index (χ3v) is 6.51. The van der Waals surface area contributed by atoms with E-state index in [1.807, 2.05) is 6.20 Å². The molecule has 2 atom stereocenters. The zero-order chi connectivity index (χ0) is 15.5. The van der Waals surface area contributed by atoms with Crippen LogP contribution in [0.4, 0.5) is 0 Å². The molecule has 0 bridgehead atoms. The number of aromatic nitrogens is 2. The van der Waals surface area contributed by atoms with Crippen molar-refractivity contribution in [2.75, 3.05) is 13.1 Å². The molecule has 2 heterocycles. The first-order chi connectivity index (χ1) is 9.95. The van der Waals surface area contributed by atoms with Gasteiger partial charge in [0, 0.05) is 31.5 Å². The Hall–Kier alpha value is -0.920. The SMILES string of the molecule is CC[C@@H]1CN(S(=O)(=O)C(C)C)CC[C@H]1NCc1ncc[nH]1. The lowest BCUT2D eigenvalue weighted by Crippen LogP contribution is -2.52. The predicted molar refractivity (Wildman–Crippen MR) is 83.2 cm³/mol. The Morgan fingerprint density at radius 1 is 1.52 bits per heavy atom. The molecule has 21 heavy (non-hydrogen) atoms. The van der Waals surface area contributed by atoms with Gasteiger partial charge in [0.1, 0.15) is 5.82 Å². The maximum Gasteiger partial charge on any atom is 0.216 e. The molecule has 0 saturated carbocycles. The van der Waals surface area contributed by atoms with E-state index >= 15 is 0 Å². The summed E-state index contributed by atoms with van der Waals surface area (Å²) < 4.78 is 26.2. The smallest absolute Gasteiger partial charge is 0.216 e. The number of nitrogens with zero attached hydrogens (tertiary/aromatic N) is 2. The van der Waals surface area contributed by atoms with Crippen molar-refractivity contribution in [1.82, 2.24) is 19.6 Å². The number of H-pyrrole nitrogens is 1. The molecule has 0 radical (unpaired) electrons. The van der Waals surface area contributed by atoms with Crippen LogP contribution in [0.1, 0.15) is 39.4 Å². The molecule has 1 saturated heterocycles. The minimum absolute atomic E-state index is 0.345. The van der Waals surface area contributed by atoms with Crippen LogP contribution < -0.4 is 5.32 Å². The number of nitrogens with one attached hydrogen (secondary N) is 2. The van der Waals surface area contributed by atoms with Crippen LogP contribution in [0, 0.1) is 5.92 Å². The maximum absolute atomic E-state index is 12.3. The highest BCUT2D eigenvalue weighted by molar-refractivity contribution is 7.89. The molecule has 1 aromatic rings. The van der Waals surface area contributed by atoms with E-state index in [4.69, 9.17) is 0 Å². The summed E-state index contributed by atoms with van der Waals surface area (Å²) in [6, 6.07) is 0.346. The van der Waals surface area contributed by atoms with Crippen molar-refractivity contribution in [3.8, 4) is 0 Å².